The molecule has 1 fully saturated rings. The molecule has 2 unspecified atom stereocenters. The second-order valence-electron chi connectivity index (χ2n) is 8.18. The second-order valence-corrected chi connectivity index (χ2v) is 8.79. The SMILES string of the molecule is Cc1ccccc1C(=O)NCc1ccc(-c2nn(C3CCC(Cl)C3)c(N)c2C(N)=O)cc1. The standard InChI is InChI=1S/C24H26ClN5O2/c1-14-4-2-3-5-19(14)24(32)28-13-15-6-8-16(9-7-15)21-20(23(27)31)22(26)30(29-21)18-11-10-17(25)12-18/h2-9,17-18H,10-13,26H2,1H3,(H2,27,31)(H,28,32). The molecule has 1 heterocycles. The number of halogens is 1. The van der Waals surface area contributed by atoms with E-state index in [1.54, 1.807) is 10.7 Å². The molecule has 2 atom stereocenters. The van der Waals surface area contributed by atoms with Crippen molar-refractivity contribution in [2.75, 3.05) is 5.73 Å². The van der Waals surface area contributed by atoms with Crippen LogP contribution in [0.3, 0.4) is 0 Å². The monoisotopic (exact) mass is 451 g/mol. The lowest BCUT2D eigenvalue weighted by molar-refractivity contribution is 0.0949. The zero-order valence-corrected chi connectivity index (χ0v) is 18.6. The summed E-state index contributed by atoms with van der Waals surface area (Å²) >= 11 is 6.25. The number of aromatic nitrogens is 2. The highest BCUT2D eigenvalue weighted by atomic mass is 35.5. The van der Waals surface area contributed by atoms with Gasteiger partial charge in [-0.3, -0.25) is 9.59 Å². The molecule has 1 aromatic heterocycles. The summed E-state index contributed by atoms with van der Waals surface area (Å²) in [4.78, 5) is 24.6. The van der Waals surface area contributed by atoms with E-state index in [9.17, 15) is 9.59 Å². The largest absolute Gasteiger partial charge is 0.383 e. The summed E-state index contributed by atoms with van der Waals surface area (Å²) in [5.41, 5.74) is 15.8. The van der Waals surface area contributed by atoms with Gasteiger partial charge in [0.05, 0.1) is 6.04 Å². The van der Waals surface area contributed by atoms with Gasteiger partial charge in [-0.05, 0) is 43.4 Å². The quantitative estimate of drug-likeness (QED) is 0.494. The van der Waals surface area contributed by atoms with Crippen molar-refractivity contribution in [2.45, 2.75) is 44.1 Å². The number of rotatable bonds is 6. The molecule has 1 saturated carbocycles. The van der Waals surface area contributed by atoms with Crippen molar-refractivity contribution in [1.29, 1.82) is 0 Å². The van der Waals surface area contributed by atoms with Crippen LogP contribution in [0.2, 0.25) is 0 Å². The van der Waals surface area contributed by atoms with Crippen molar-refractivity contribution < 1.29 is 9.59 Å². The highest BCUT2D eigenvalue weighted by Crippen LogP contribution is 2.37. The third-order valence-corrected chi connectivity index (χ3v) is 6.35. The number of nitrogen functional groups attached to an aromatic ring is 1. The van der Waals surface area contributed by atoms with Crippen molar-refractivity contribution in [2.24, 2.45) is 5.73 Å². The first-order valence-corrected chi connectivity index (χ1v) is 11.0. The van der Waals surface area contributed by atoms with Gasteiger partial charge in [0.1, 0.15) is 17.1 Å². The fourth-order valence-electron chi connectivity index (χ4n) is 4.18. The predicted molar refractivity (Wildman–Crippen MR) is 125 cm³/mol. The minimum atomic E-state index is -0.612. The van der Waals surface area contributed by atoms with Gasteiger partial charge in [0, 0.05) is 23.0 Å². The van der Waals surface area contributed by atoms with E-state index in [1.165, 1.54) is 0 Å². The molecule has 166 valence electrons. The van der Waals surface area contributed by atoms with Crippen LogP contribution in [0.25, 0.3) is 11.3 Å². The van der Waals surface area contributed by atoms with Crippen LogP contribution in [0, 0.1) is 6.92 Å². The number of alkyl halides is 1. The van der Waals surface area contributed by atoms with Crippen molar-refractivity contribution in [3.63, 3.8) is 0 Å². The first kappa shape index (κ1) is 21.9. The molecular weight excluding hydrogens is 426 g/mol. The van der Waals surface area contributed by atoms with E-state index < -0.39 is 5.91 Å². The van der Waals surface area contributed by atoms with Gasteiger partial charge in [-0.25, -0.2) is 4.68 Å². The Morgan fingerprint density at radius 1 is 1.16 bits per heavy atom. The molecule has 2 amide bonds. The maximum atomic E-state index is 12.4. The minimum Gasteiger partial charge on any atom is -0.383 e. The molecule has 1 aliphatic carbocycles. The number of anilines is 1. The summed E-state index contributed by atoms with van der Waals surface area (Å²) in [5, 5.41) is 7.65. The first-order chi connectivity index (χ1) is 15.3. The van der Waals surface area contributed by atoms with Crippen LogP contribution in [0.15, 0.2) is 48.5 Å². The van der Waals surface area contributed by atoms with E-state index in [2.05, 4.69) is 10.4 Å². The van der Waals surface area contributed by atoms with Crippen molar-refractivity contribution in [1.82, 2.24) is 15.1 Å². The Kier molecular flexibility index (Phi) is 6.19. The summed E-state index contributed by atoms with van der Waals surface area (Å²) in [5.74, 6) is -0.458. The number of amides is 2. The summed E-state index contributed by atoms with van der Waals surface area (Å²) in [6.45, 7) is 2.29. The van der Waals surface area contributed by atoms with Crippen LogP contribution in [0.5, 0.6) is 0 Å². The van der Waals surface area contributed by atoms with Gasteiger partial charge in [0.15, 0.2) is 0 Å². The number of hydrogen-bond acceptors (Lipinski definition) is 4. The zero-order chi connectivity index (χ0) is 22.8. The Bertz CT molecular complexity index is 1160. The van der Waals surface area contributed by atoms with E-state index in [-0.39, 0.29) is 28.7 Å². The average Bonchev–Trinajstić information content (AvgIpc) is 3.35. The lowest BCUT2D eigenvalue weighted by Gasteiger charge is -2.11. The van der Waals surface area contributed by atoms with Crippen molar-refractivity contribution >= 4 is 29.2 Å². The third kappa shape index (κ3) is 4.34. The molecule has 5 N–H and O–H groups in total. The molecular formula is C24H26ClN5O2. The van der Waals surface area contributed by atoms with Crippen molar-refractivity contribution in [3.8, 4) is 11.3 Å². The van der Waals surface area contributed by atoms with E-state index >= 15 is 0 Å². The molecule has 2 aromatic carbocycles. The predicted octanol–water partition coefficient (Wildman–Crippen LogP) is 3.80. The first-order valence-electron chi connectivity index (χ1n) is 10.6. The van der Waals surface area contributed by atoms with Gasteiger partial charge in [-0.15, -0.1) is 11.6 Å². The molecule has 0 spiro atoms. The van der Waals surface area contributed by atoms with E-state index in [0.717, 1.165) is 36.0 Å². The van der Waals surface area contributed by atoms with Crippen LogP contribution in [-0.4, -0.2) is 27.0 Å². The topological polar surface area (TPSA) is 116 Å². The van der Waals surface area contributed by atoms with Crippen LogP contribution in [-0.2, 0) is 6.54 Å². The number of carbonyl (C=O) groups is 2. The molecule has 8 heteroatoms. The number of primary amides is 1. The summed E-state index contributed by atoms with van der Waals surface area (Å²) < 4.78 is 1.69. The fourth-order valence-corrected chi connectivity index (χ4v) is 4.51. The molecule has 1 aliphatic rings. The molecule has 0 bridgehead atoms. The van der Waals surface area contributed by atoms with Crippen LogP contribution in [0.4, 0.5) is 5.82 Å². The molecule has 0 radical (unpaired) electrons. The van der Waals surface area contributed by atoms with Crippen LogP contribution in [0.1, 0.15) is 57.1 Å². The van der Waals surface area contributed by atoms with Gasteiger partial charge in [-0.2, -0.15) is 5.10 Å². The number of nitrogens with zero attached hydrogens (tertiary/aromatic N) is 2. The summed E-state index contributed by atoms with van der Waals surface area (Å²) in [6, 6.07) is 15.0. The zero-order valence-electron chi connectivity index (χ0n) is 17.8. The van der Waals surface area contributed by atoms with E-state index in [0.29, 0.717) is 17.8 Å². The third-order valence-electron chi connectivity index (χ3n) is 5.95. The lowest BCUT2D eigenvalue weighted by atomic mass is 10.0. The van der Waals surface area contributed by atoms with Gasteiger partial charge in [-0.1, -0.05) is 42.5 Å². The normalized spacial score (nSPS) is 17.9. The Labute approximate surface area is 191 Å². The lowest BCUT2D eigenvalue weighted by Crippen LogP contribution is -2.23. The van der Waals surface area contributed by atoms with Crippen molar-refractivity contribution in [3.05, 3.63) is 70.8 Å². The number of carbonyl (C=O) groups excluding carboxylic acids is 2. The molecule has 7 nitrogen and oxygen atoms in total. The molecule has 3 aromatic rings. The fraction of sp³-hybridized carbons (Fsp3) is 0.292. The molecule has 4 rings (SSSR count). The Balaban J connectivity index is 1.53. The number of hydrogen-bond donors (Lipinski definition) is 3. The molecule has 0 aliphatic heterocycles. The van der Waals surface area contributed by atoms with Crippen LogP contribution >= 0.6 is 11.6 Å². The van der Waals surface area contributed by atoms with Gasteiger partial charge in [0.2, 0.25) is 0 Å². The number of nitrogens with one attached hydrogen (secondary N) is 1. The van der Waals surface area contributed by atoms with E-state index in [4.69, 9.17) is 23.1 Å². The number of benzene rings is 2. The minimum absolute atomic E-state index is 0.0558. The Hall–Kier alpha value is -3.32. The van der Waals surface area contributed by atoms with E-state index in [1.807, 2.05) is 49.4 Å². The smallest absolute Gasteiger partial charge is 0.254 e. The number of aryl methyl sites for hydroxylation is 1. The Morgan fingerprint density at radius 3 is 2.50 bits per heavy atom. The average molecular weight is 452 g/mol. The number of nitrogens with two attached hydrogens (primary N) is 2. The Morgan fingerprint density at radius 2 is 1.88 bits per heavy atom. The summed E-state index contributed by atoms with van der Waals surface area (Å²) in [7, 11) is 0. The van der Waals surface area contributed by atoms with Gasteiger partial charge in [0.25, 0.3) is 11.8 Å². The second kappa shape index (κ2) is 9.04. The van der Waals surface area contributed by atoms with Gasteiger partial charge >= 0.3 is 0 Å². The van der Waals surface area contributed by atoms with Crippen LogP contribution < -0.4 is 16.8 Å². The summed E-state index contributed by atoms with van der Waals surface area (Å²) in [6.07, 6.45) is 2.50. The maximum Gasteiger partial charge on any atom is 0.254 e. The maximum absolute atomic E-state index is 12.4. The highest BCUT2D eigenvalue weighted by molar-refractivity contribution is 6.20. The molecule has 32 heavy (non-hydrogen) atoms. The highest BCUT2D eigenvalue weighted by Gasteiger charge is 2.30. The molecule has 0 saturated heterocycles. The van der Waals surface area contributed by atoms with Gasteiger partial charge < -0.3 is 16.8 Å².